The Bertz CT molecular complexity index is 904. The van der Waals surface area contributed by atoms with E-state index in [0.717, 1.165) is 4.47 Å². The zero-order valence-corrected chi connectivity index (χ0v) is 12.6. The van der Waals surface area contributed by atoms with Crippen molar-refractivity contribution in [3.05, 3.63) is 57.1 Å². The van der Waals surface area contributed by atoms with Gasteiger partial charge in [0.2, 0.25) is 5.88 Å². The highest BCUT2D eigenvalue weighted by Crippen LogP contribution is 2.38. The minimum absolute atomic E-state index is 0.122. The number of azo groups is 1. The summed E-state index contributed by atoms with van der Waals surface area (Å²) >= 11 is 3.35. The molecule has 7 nitrogen and oxygen atoms in total. The summed E-state index contributed by atoms with van der Waals surface area (Å²) in [6.07, 6.45) is 0. The van der Waals surface area contributed by atoms with Gasteiger partial charge in [-0.05, 0) is 24.3 Å². The van der Waals surface area contributed by atoms with Crippen LogP contribution in [0.1, 0.15) is 0 Å². The van der Waals surface area contributed by atoms with Gasteiger partial charge in [0.15, 0.2) is 11.4 Å². The molecular weight excluding hydrogens is 352 g/mol. The molecule has 0 aliphatic rings. The molecule has 8 heteroatoms. The van der Waals surface area contributed by atoms with E-state index in [1.54, 1.807) is 24.3 Å². The molecule has 0 saturated carbocycles. The average molecular weight is 361 g/mol. The Kier molecular flexibility index (Phi) is 3.60. The molecule has 0 unspecified atom stereocenters. The summed E-state index contributed by atoms with van der Waals surface area (Å²) in [5.74, 6) is -0.143. The minimum atomic E-state index is -0.528. The number of aromatic nitrogens is 1. The predicted molar refractivity (Wildman–Crippen MR) is 84.9 cm³/mol. The second kappa shape index (κ2) is 5.57. The summed E-state index contributed by atoms with van der Waals surface area (Å²) in [7, 11) is 0. The predicted octanol–water partition coefficient (Wildman–Crippen LogP) is 4.96. The van der Waals surface area contributed by atoms with E-state index in [9.17, 15) is 15.2 Å². The molecule has 0 bridgehead atoms. The van der Waals surface area contributed by atoms with Gasteiger partial charge < -0.3 is 10.1 Å². The average Bonchev–Trinajstić information content (AvgIpc) is 2.80. The number of hydrogen-bond acceptors (Lipinski definition) is 5. The first-order chi connectivity index (χ1) is 10.6. The topological polar surface area (TPSA) is 104 Å². The molecule has 0 saturated heterocycles. The van der Waals surface area contributed by atoms with E-state index in [-0.39, 0.29) is 22.9 Å². The maximum absolute atomic E-state index is 10.9. The van der Waals surface area contributed by atoms with Crippen LogP contribution in [0.15, 0.2) is 57.2 Å². The standard InChI is InChI=1S/C14H9BrN4O3/c15-8-5-6-10-9(7-8)13(14(20)16-10)18-17-11-3-1-2-4-12(11)19(21)22/h1-7,16,20H. The molecule has 2 N–H and O–H groups in total. The van der Waals surface area contributed by atoms with Crippen LogP contribution in [0.5, 0.6) is 5.88 Å². The van der Waals surface area contributed by atoms with Crippen molar-refractivity contribution in [3.8, 4) is 5.88 Å². The van der Waals surface area contributed by atoms with Crippen LogP contribution < -0.4 is 0 Å². The monoisotopic (exact) mass is 360 g/mol. The minimum Gasteiger partial charge on any atom is -0.493 e. The number of halogens is 1. The Morgan fingerprint density at radius 3 is 2.73 bits per heavy atom. The highest BCUT2D eigenvalue weighted by Gasteiger charge is 2.14. The number of nitro benzene ring substituents is 1. The molecule has 0 aliphatic carbocycles. The first-order valence-corrected chi connectivity index (χ1v) is 7.01. The lowest BCUT2D eigenvalue weighted by Gasteiger charge is -1.96. The number of nitrogens with zero attached hydrogens (tertiary/aromatic N) is 3. The van der Waals surface area contributed by atoms with Crippen molar-refractivity contribution in [1.29, 1.82) is 0 Å². The van der Waals surface area contributed by atoms with Gasteiger partial charge in [-0.1, -0.05) is 28.1 Å². The molecule has 0 spiro atoms. The highest BCUT2D eigenvalue weighted by molar-refractivity contribution is 9.10. The molecular formula is C14H9BrN4O3. The Morgan fingerprint density at radius 2 is 1.95 bits per heavy atom. The van der Waals surface area contributed by atoms with Crippen molar-refractivity contribution >= 4 is 43.9 Å². The lowest BCUT2D eigenvalue weighted by molar-refractivity contribution is -0.384. The van der Waals surface area contributed by atoms with Crippen LogP contribution in [0.25, 0.3) is 10.9 Å². The summed E-state index contributed by atoms with van der Waals surface area (Å²) in [5, 5.41) is 29.4. The normalized spacial score (nSPS) is 11.3. The van der Waals surface area contributed by atoms with E-state index in [1.807, 2.05) is 6.07 Å². The zero-order valence-electron chi connectivity index (χ0n) is 11.0. The second-order valence-electron chi connectivity index (χ2n) is 4.46. The maximum Gasteiger partial charge on any atom is 0.296 e. The van der Waals surface area contributed by atoms with Crippen LogP contribution in [0.3, 0.4) is 0 Å². The summed E-state index contributed by atoms with van der Waals surface area (Å²) in [6.45, 7) is 0. The molecule has 1 heterocycles. The molecule has 110 valence electrons. The third-order valence-electron chi connectivity index (χ3n) is 3.05. The molecule has 2 aromatic carbocycles. The summed E-state index contributed by atoms with van der Waals surface area (Å²) in [5.41, 5.74) is 0.898. The number of benzene rings is 2. The lowest BCUT2D eigenvalue weighted by Crippen LogP contribution is -1.86. The summed E-state index contributed by atoms with van der Waals surface area (Å²) < 4.78 is 0.821. The number of nitro groups is 1. The van der Waals surface area contributed by atoms with Gasteiger partial charge in [-0.15, -0.1) is 10.2 Å². The first-order valence-electron chi connectivity index (χ1n) is 6.21. The smallest absolute Gasteiger partial charge is 0.296 e. The fraction of sp³-hybridized carbons (Fsp3) is 0. The molecule has 0 amide bonds. The van der Waals surface area contributed by atoms with Crippen LogP contribution in [-0.2, 0) is 0 Å². The highest BCUT2D eigenvalue weighted by atomic mass is 79.9. The van der Waals surface area contributed by atoms with Crippen molar-refractivity contribution in [2.45, 2.75) is 0 Å². The van der Waals surface area contributed by atoms with Crippen molar-refractivity contribution in [2.24, 2.45) is 10.2 Å². The van der Waals surface area contributed by atoms with Gasteiger partial charge >= 0.3 is 0 Å². The third kappa shape index (κ3) is 2.56. The van der Waals surface area contributed by atoms with E-state index in [4.69, 9.17) is 0 Å². The number of hydrogen-bond donors (Lipinski definition) is 2. The van der Waals surface area contributed by atoms with Crippen LogP contribution in [0.4, 0.5) is 17.1 Å². The number of fused-ring (bicyclic) bond motifs is 1. The Labute approximate surface area is 132 Å². The van der Waals surface area contributed by atoms with E-state index >= 15 is 0 Å². The Balaban J connectivity index is 2.09. The van der Waals surface area contributed by atoms with Crippen molar-refractivity contribution in [3.63, 3.8) is 0 Å². The van der Waals surface area contributed by atoms with Crippen LogP contribution in [0.2, 0.25) is 0 Å². The first kappa shape index (κ1) is 14.2. The number of aromatic amines is 1. The fourth-order valence-corrected chi connectivity index (χ4v) is 2.41. The van der Waals surface area contributed by atoms with Crippen molar-refractivity contribution < 1.29 is 10.0 Å². The van der Waals surface area contributed by atoms with E-state index in [0.29, 0.717) is 10.9 Å². The molecule has 3 rings (SSSR count). The molecule has 0 aliphatic heterocycles. The SMILES string of the molecule is O=[N+]([O-])c1ccccc1N=Nc1c(O)[nH]c2ccc(Br)cc12. The summed E-state index contributed by atoms with van der Waals surface area (Å²) in [6, 6.07) is 11.4. The Hall–Kier alpha value is -2.74. The Morgan fingerprint density at radius 1 is 1.18 bits per heavy atom. The number of H-pyrrole nitrogens is 1. The van der Waals surface area contributed by atoms with Crippen LogP contribution in [0, 0.1) is 10.1 Å². The number of rotatable bonds is 3. The molecule has 0 atom stereocenters. The maximum atomic E-state index is 10.9. The van der Waals surface area contributed by atoms with Crippen LogP contribution >= 0.6 is 15.9 Å². The van der Waals surface area contributed by atoms with Gasteiger partial charge in [-0.3, -0.25) is 10.1 Å². The van der Waals surface area contributed by atoms with Crippen molar-refractivity contribution in [1.82, 2.24) is 4.98 Å². The molecule has 1 aromatic heterocycles. The van der Waals surface area contributed by atoms with Crippen molar-refractivity contribution in [2.75, 3.05) is 0 Å². The second-order valence-corrected chi connectivity index (χ2v) is 5.37. The zero-order chi connectivity index (χ0) is 15.7. The number of aromatic hydroxyl groups is 1. The lowest BCUT2D eigenvalue weighted by atomic mass is 10.2. The van der Waals surface area contributed by atoms with Crippen LogP contribution in [-0.4, -0.2) is 15.0 Å². The third-order valence-corrected chi connectivity index (χ3v) is 3.54. The fourth-order valence-electron chi connectivity index (χ4n) is 2.04. The van der Waals surface area contributed by atoms with E-state index in [1.165, 1.54) is 12.1 Å². The largest absolute Gasteiger partial charge is 0.493 e. The van der Waals surface area contributed by atoms with Gasteiger partial charge in [-0.2, -0.15) is 0 Å². The van der Waals surface area contributed by atoms with Gasteiger partial charge in [0.1, 0.15) is 0 Å². The molecule has 22 heavy (non-hydrogen) atoms. The van der Waals surface area contributed by atoms with Gasteiger partial charge in [0, 0.05) is 15.9 Å². The molecule has 0 radical (unpaired) electrons. The summed E-state index contributed by atoms with van der Waals surface area (Å²) in [4.78, 5) is 13.2. The van der Waals surface area contributed by atoms with Gasteiger partial charge in [-0.25, -0.2) is 0 Å². The molecule has 3 aromatic rings. The van der Waals surface area contributed by atoms with Gasteiger partial charge in [0.25, 0.3) is 5.69 Å². The van der Waals surface area contributed by atoms with E-state index in [2.05, 4.69) is 31.1 Å². The molecule has 0 fully saturated rings. The van der Waals surface area contributed by atoms with E-state index < -0.39 is 4.92 Å². The number of nitrogens with one attached hydrogen (secondary N) is 1. The quantitative estimate of drug-likeness (QED) is 0.391. The number of para-hydroxylation sites is 1. The van der Waals surface area contributed by atoms with Gasteiger partial charge in [0.05, 0.1) is 10.4 Å².